The third-order valence-electron chi connectivity index (χ3n) is 4.80. The Labute approximate surface area is 112 Å². The molecule has 3 rings (SSSR count). The van der Waals surface area contributed by atoms with E-state index < -0.39 is 11.0 Å². The number of hydrogen-bond donors (Lipinski definition) is 1. The van der Waals surface area contributed by atoms with Crippen molar-refractivity contribution in [3.63, 3.8) is 0 Å². The lowest BCUT2D eigenvalue weighted by Crippen LogP contribution is -2.62. The molecule has 2 fully saturated rings. The fraction of sp³-hybridized carbons (Fsp3) is 0.500. The lowest BCUT2D eigenvalue weighted by atomic mass is 9.53. The normalized spacial score (nSPS) is 35.0. The van der Waals surface area contributed by atoms with Crippen LogP contribution in [0.25, 0.3) is 0 Å². The maximum Gasteiger partial charge on any atom is 0.146 e. The molecule has 2 saturated carbocycles. The first kappa shape index (κ1) is 12.5. The summed E-state index contributed by atoms with van der Waals surface area (Å²) < 4.78 is 0. The van der Waals surface area contributed by atoms with E-state index in [0.29, 0.717) is 32.1 Å². The molecule has 19 heavy (non-hydrogen) atoms. The van der Waals surface area contributed by atoms with Crippen molar-refractivity contribution in [2.24, 2.45) is 0 Å². The Balaban J connectivity index is 2.16. The number of carbonyl (C=O) groups is 2. The SMILES string of the molecule is O=C1CC[C@@]2(c3ccccc3)C(=O)CCCC2(O)C1. The zero-order valence-corrected chi connectivity index (χ0v) is 10.9. The van der Waals surface area contributed by atoms with Crippen LogP contribution < -0.4 is 0 Å². The molecule has 1 N–H and O–H groups in total. The summed E-state index contributed by atoms with van der Waals surface area (Å²) in [7, 11) is 0. The highest BCUT2D eigenvalue weighted by Crippen LogP contribution is 2.51. The highest BCUT2D eigenvalue weighted by atomic mass is 16.3. The molecular formula is C16H18O3. The predicted octanol–water partition coefficient (Wildman–Crippen LogP) is 2.16. The van der Waals surface area contributed by atoms with Gasteiger partial charge in [0, 0.05) is 19.3 Å². The van der Waals surface area contributed by atoms with Gasteiger partial charge in [-0.25, -0.2) is 0 Å². The Hall–Kier alpha value is -1.48. The van der Waals surface area contributed by atoms with Gasteiger partial charge in [0.2, 0.25) is 0 Å². The Kier molecular flexibility index (Phi) is 2.82. The summed E-state index contributed by atoms with van der Waals surface area (Å²) in [5, 5.41) is 11.0. The van der Waals surface area contributed by atoms with Crippen LogP contribution in [0, 0.1) is 0 Å². The molecule has 1 unspecified atom stereocenters. The van der Waals surface area contributed by atoms with E-state index in [4.69, 9.17) is 0 Å². The summed E-state index contributed by atoms with van der Waals surface area (Å²) in [6.45, 7) is 0. The molecule has 3 heteroatoms. The first-order valence-corrected chi connectivity index (χ1v) is 6.91. The van der Waals surface area contributed by atoms with Crippen LogP contribution >= 0.6 is 0 Å². The number of benzene rings is 1. The second kappa shape index (κ2) is 4.27. The largest absolute Gasteiger partial charge is 0.388 e. The van der Waals surface area contributed by atoms with Gasteiger partial charge in [0.05, 0.1) is 11.0 Å². The van der Waals surface area contributed by atoms with Gasteiger partial charge in [-0.1, -0.05) is 30.3 Å². The molecule has 0 bridgehead atoms. The van der Waals surface area contributed by atoms with E-state index in [1.165, 1.54) is 0 Å². The van der Waals surface area contributed by atoms with Crippen molar-refractivity contribution in [3.05, 3.63) is 35.9 Å². The Morgan fingerprint density at radius 2 is 1.74 bits per heavy atom. The van der Waals surface area contributed by atoms with Crippen LogP contribution in [0.4, 0.5) is 0 Å². The van der Waals surface area contributed by atoms with Gasteiger partial charge in [0.1, 0.15) is 11.6 Å². The Morgan fingerprint density at radius 1 is 1.00 bits per heavy atom. The summed E-state index contributed by atoms with van der Waals surface area (Å²) in [5.74, 6) is 0.170. The number of fused-ring (bicyclic) bond motifs is 1. The summed E-state index contributed by atoms with van der Waals surface area (Å²) in [6.07, 6.45) is 2.68. The average Bonchev–Trinajstić information content (AvgIpc) is 2.39. The van der Waals surface area contributed by atoms with Crippen LogP contribution in [0.5, 0.6) is 0 Å². The maximum atomic E-state index is 12.6. The van der Waals surface area contributed by atoms with Gasteiger partial charge in [0.25, 0.3) is 0 Å². The lowest BCUT2D eigenvalue weighted by Gasteiger charge is -2.52. The number of carbonyl (C=O) groups excluding carboxylic acids is 2. The molecule has 0 radical (unpaired) electrons. The van der Waals surface area contributed by atoms with E-state index in [1.807, 2.05) is 30.3 Å². The van der Waals surface area contributed by atoms with Crippen LogP contribution in [-0.4, -0.2) is 22.3 Å². The predicted molar refractivity (Wildman–Crippen MR) is 70.8 cm³/mol. The second-order valence-corrected chi connectivity index (χ2v) is 5.80. The van der Waals surface area contributed by atoms with Gasteiger partial charge in [-0.15, -0.1) is 0 Å². The van der Waals surface area contributed by atoms with Gasteiger partial charge in [0.15, 0.2) is 0 Å². The fourth-order valence-corrected chi connectivity index (χ4v) is 3.88. The number of aliphatic hydroxyl groups is 1. The number of hydrogen-bond acceptors (Lipinski definition) is 3. The zero-order valence-electron chi connectivity index (χ0n) is 10.9. The quantitative estimate of drug-likeness (QED) is 0.839. The number of rotatable bonds is 1. The van der Waals surface area contributed by atoms with Crippen molar-refractivity contribution in [1.29, 1.82) is 0 Å². The Bertz CT molecular complexity index is 522. The molecule has 1 aromatic carbocycles. The molecular weight excluding hydrogens is 240 g/mol. The minimum atomic E-state index is -1.18. The van der Waals surface area contributed by atoms with Gasteiger partial charge >= 0.3 is 0 Å². The van der Waals surface area contributed by atoms with Crippen molar-refractivity contribution in [3.8, 4) is 0 Å². The first-order valence-electron chi connectivity index (χ1n) is 6.91. The van der Waals surface area contributed by atoms with Crippen molar-refractivity contribution in [2.75, 3.05) is 0 Å². The highest BCUT2D eigenvalue weighted by Gasteiger charge is 2.60. The molecule has 0 spiro atoms. The standard InChI is InChI=1S/C16H18O3/c17-13-8-10-16(12-5-2-1-3-6-12)14(18)7-4-9-15(16,19)11-13/h1-3,5-6,19H,4,7-11H2/t15?,16-/m1/s1. The minimum Gasteiger partial charge on any atom is -0.388 e. The van der Waals surface area contributed by atoms with Crippen molar-refractivity contribution < 1.29 is 14.7 Å². The van der Waals surface area contributed by atoms with E-state index in [1.54, 1.807) is 0 Å². The molecule has 2 atom stereocenters. The topological polar surface area (TPSA) is 54.4 Å². The molecule has 3 nitrogen and oxygen atoms in total. The lowest BCUT2D eigenvalue weighted by molar-refractivity contribution is -0.156. The molecule has 100 valence electrons. The van der Waals surface area contributed by atoms with Crippen LogP contribution in [0.1, 0.15) is 44.1 Å². The van der Waals surface area contributed by atoms with Gasteiger partial charge in [-0.2, -0.15) is 0 Å². The van der Waals surface area contributed by atoms with Gasteiger partial charge < -0.3 is 5.11 Å². The van der Waals surface area contributed by atoms with Crippen molar-refractivity contribution >= 4 is 11.6 Å². The Morgan fingerprint density at radius 3 is 2.47 bits per heavy atom. The first-order chi connectivity index (χ1) is 9.08. The van der Waals surface area contributed by atoms with E-state index in [9.17, 15) is 14.7 Å². The van der Waals surface area contributed by atoms with Gasteiger partial charge in [-0.05, 0) is 24.8 Å². The van der Waals surface area contributed by atoms with E-state index in [2.05, 4.69) is 0 Å². The molecule has 0 saturated heterocycles. The van der Waals surface area contributed by atoms with Crippen molar-refractivity contribution in [2.45, 2.75) is 49.5 Å². The maximum absolute atomic E-state index is 12.6. The zero-order chi connectivity index (χ0) is 13.5. The van der Waals surface area contributed by atoms with Gasteiger partial charge in [-0.3, -0.25) is 9.59 Å². The molecule has 2 aliphatic rings. The monoisotopic (exact) mass is 258 g/mol. The summed E-state index contributed by atoms with van der Waals surface area (Å²) in [6, 6.07) is 9.50. The smallest absolute Gasteiger partial charge is 0.146 e. The molecule has 0 aliphatic heterocycles. The third-order valence-corrected chi connectivity index (χ3v) is 4.80. The van der Waals surface area contributed by atoms with Crippen LogP contribution in [0.15, 0.2) is 30.3 Å². The van der Waals surface area contributed by atoms with Crippen LogP contribution in [-0.2, 0) is 15.0 Å². The van der Waals surface area contributed by atoms with Crippen molar-refractivity contribution in [1.82, 2.24) is 0 Å². The minimum absolute atomic E-state index is 0.0729. The fourth-order valence-electron chi connectivity index (χ4n) is 3.88. The second-order valence-electron chi connectivity index (χ2n) is 5.80. The molecule has 2 aliphatic carbocycles. The molecule has 1 aromatic rings. The molecule has 0 heterocycles. The van der Waals surface area contributed by atoms with Crippen LogP contribution in [0.3, 0.4) is 0 Å². The van der Waals surface area contributed by atoms with Crippen LogP contribution in [0.2, 0.25) is 0 Å². The molecule has 0 aromatic heterocycles. The van der Waals surface area contributed by atoms with E-state index in [0.717, 1.165) is 5.56 Å². The highest BCUT2D eigenvalue weighted by molar-refractivity contribution is 5.96. The average molecular weight is 258 g/mol. The third kappa shape index (κ3) is 1.68. The summed E-state index contributed by atoms with van der Waals surface area (Å²) in [4.78, 5) is 24.3. The number of Topliss-reactive ketones (excluding diaryl/α,β-unsaturated/α-hetero) is 2. The summed E-state index contributed by atoms with van der Waals surface area (Å²) >= 11 is 0. The summed E-state index contributed by atoms with van der Waals surface area (Å²) in [5.41, 5.74) is -1.17. The van der Waals surface area contributed by atoms with E-state index >= 15 is 0 Å². The van der Waals surface area contributed by atoms with E-state index in [-0.39, 0.29) is 18.0 Å². The number of ketones is 2. The molecule has 0 amide bonds.